The fourth-order valence-electron chi connectivity index (χ4n) is 1.37. The van der Waals surface area contributed by atoms with Gasteiger partial charge in [-0.1, -0.05) is 0 Å². The number of nitrogens with two attached hydrogens (primary N) is 1. The molecule has 0 aliphatic carbocycles. The van der Waals surface area contributed by atoms with Gasteiger partial charge in [0.25, 0.3) is 0 Å². The van der Waals surface area contributed by atoms with Gasteiger partial charge < -0.3 is 16.2 Å². The topological polar surface area (TPSA) is 88.2 Å². The zero-order valence-corrected chi connectivity index (χ0v) is 9.70. The predicted molar refractivity (Wildman–Crippen MR) is 67.3 cm³/mol. The zero-order chi connectivity index (χ0) is 12.3. The van der Waals surface area contributed by atoms with Crippen LogP contribution in [0.5, 0.6) is 0 Å². The highest BCUT2D eigenvalue weighted by Gasteiger charge is 2.06. The van der Waals surface area contributed by atoms with Crippen LogP contribution >= 0.6 is 11.3 Å². The molecule has 1 aromatic carbocycles. The molecular weight excluding hydrogens is 238 g/mol. The summed E-state index contributed by atoms with van der Waals surface area (Å²) in [5.41, 5.74) is 8.86. The van der Waals surface area contributed by atoms with Gasteiger partial charge in [0, 0.05) is 11.1 Å². The number of nitrogen functional groups attached to an aromatic ring is 1. The maximum atomic E-state index is 10.7. The second-order valence-electron chi connectivity index (χ2n) is 3.43. The van der Waals surface area contributed by atoms with Crippen molar-refractivity contribution in [3.8, 4) is 0 Å². The third kappa shape index (κ3) is 2.73. The number of anilines is 2. The summed E-state index contributed by atoms with van der Waals surface area (Å²) in [5, 5.41) is 11.9. The maximum Gasteiger partial charge on any atom is 0.335 e. The largest absolute Gasteiger partial charge is 0.478 e. The van der Waals surface area contributed by atoms with Crippen molar-refractivity contribution in [3.63, 3.8) is 0 Å². The number of hydrogen-bond acceptors (Lipinski definition) is 5. The number of aromatic carboxylic acids is 1. The lowest BCUT2D eigenvalue weighted by Gasteiger charge is -2.08. The lowest BCUT2D eigenvalue weighted by atomic mass is 10.2. The van der Waals surface area contributed by atoms with Crippen molar-refractivity contribution in [2.45, 2.75) is 6.54 Å². The van der Waals surface area contributed by atoms with Gasteiger partial charge in [0.2, 0.25) is 0 Å². The van der Waals surface area contributed by atoms with Crippen LogP contribution in [0.25, 0.3) is 0 Å². The van der Waals surface area contributed by atoms with Crippen molar-refractivity contribution in [3.05, 3.63) is 40.3 Å². The van der Waals surface area contributed by atoms with E-state index in [1.807, 2.05) is 0 Å². The van der Waals surface area contributed by atoms with Crippen LogP contribution in [-0.2, 0) is 6.54 Å². The molecule has 0 bridgehead atoms. The van der Waals surface area contributed by atoms with Crippen LogP contribution in [0.2, 0.25) is 0 Å². The fraction of sp³-hybridized carbons (Fsp3) is 0.0909. The second-order valence-corrected chi connectivity index (χ2v) is 4.40. The average Bonchev–Trinajstić information content (AvgIpc) is 2.80. The Morgan fingerprint density at radius 2 is 2.35 bits per heavy atom. The average molecular weight is 249 g/mol. The number of nitrogens with zero attached hydrogens (tertiary/aromatic N) is 1. The van der Waals surface area contributed by atoms with Gasteiger partial charge in [-0.3, -0.25) is 4.98 Å². The summed E-state index contributed by atoms with van der Waals surface area (Å²) >= 11 is 1.55. The Hall–Kier alpha value is -2.08. The normalized spacial score (nSPS) is 10.1. The van der Waals surface area contributed by atoms with Gasteiger partial charge in [-0.05, 0) is 18.2 Å². The van der Waals surface area contributed by atoms with Crippen molar-refractivity contribution in [1.29, 1.82) is 0 Å². The van der Waals surface area contributed by atoms with Crippen molar-refractivity contribution in [1.82, 2.24) is 4.98 Å². The molecule has 0 fully saturated rings. The molecule has 1 heterocycles. The summed E-state index contributed by atoms with van der Waals surface area (Å²) in [4.78, 5) is 15.8. The summed E-state index contributed by atoms with van der Waals surface area (Å²) in [6, 6.07) is 4.63. The summed E-state index contributed by atoms with van der Waals surface area (Å²) in [7, 11) is 0. The molecule has 0 amide bonds. The standard InChI is InChI=1S/C11H11N3O2S/c12-9-3-7(11(15)16)1-2-10(9)14-5-8-4-13-6-17-8/h1-4,6,14H,5,12H2,(H,15,16). The summed E-state index contributed by atoms with van der Waals surface area (Å²) in [6.07, 6.45) is 1.78. The molecule has 5 nitrogen and oxygen atoms in total. The number of nitrogens with one attached hydrogen (secondary N) is 1. The van der Waals surface area contributed by atoms with E-state index < -0.39 is 5.97 Å². The van der Waals surface area contributed by atoms with Gasteiger partial charge in [-0.2, -0.15) is 0 Å². The fourth-order valence-corrected chi connectivity index (χ4v) is 1.90. The molecule has 0 radical (unpaired) electrons. The Morgan fingerprint density at radius 1 is 1.53 bits per heavy atom. The molecule has 0 saturated carbocycles. The summed E-state index contributed by atoms with van der Waals surface area (Å²) < 4.78 is 0. The lowest BCUT2D eigenvalue weighted by Crippen LogP contribution is -2.03. The molecule has 2 rings (SSSR count). The van der Waals surface area contributed by atoms with E-state index in [4.69, 9.17) is 10.8 Å². The van der Waals surface area contributed by atoms with Crippen LogP contribution in [-0.4, -0.2) is 16.1 Å². The van der Waals surface area contributed by atoms with Gasteiger partial charge >= 0.3 is 5.97 Å². The minimum absolute atomic E-state index is 0.186. The maximum absolute atomic E-state index is 10.7. The molecule has 1 aromatic heterocycles. The zero-order valence-electron chi connectivity index (χ0n) is 8.88. The van der Waals surface area contributed by atoms with E-state index in [-0.39, 0.29) is 5.56 Å². The van der Waals surface area contributed by atoms with Crippen molar-refractivity contribution in [2.24, 2.45) is 0 Å². The Bertz CT molecular complexity index is 526. The lowest BCUT2D eigenvalue weighted by molar-refractivity contribution is 0.0697. The first kappa shape index (κ1) is 11.4. The van der Waals surface area contributed by atoms with Crippen molar-refractivity contribution >= 4 is 28.7 Å². The van der Waals surface area contributed by atoms with Gasteiger partial charge in [-0.25, -0.2) is 4.79 Å². The van der Waals surface area contributed by atoms with E-state index in [9.17, 15) is 4.79 Å². The Balaban J connectivity index is 2.09. The van der Waals surface area contributed by atoms with E-state index in [2.05, 4.69) is 10.3 Å². The highest BCUT2D eigenvalue weighted by atomic mass is 32.1. The minimum Gasteiger partial charge on any atom is -0.478 e. The summed E-state index contributed by atoms with van der Waals surface area (Å²) in [6.45, 7) is 0.626. The number of carboxylic acids is 1. The molecule has 6 heteroatoms. The van der Waals surface area contributed by atoms with E-state index in [0.717, 1.165) is 10.6 Å². The number of aromatic nitrogens is 1. The van der Waals surface area contributed by atoms with E-state index in [1.165, 1.54) is 12.1 Å². The predicted octanol–water partition coefficient (Wildman–Crippen LogP) is 2.04. The highest BCUT2D eigenvalue weighted by Crippen LogP contribution is 2.21. The van der Waals surface area contributed by atoms with Crippen molar-refractivity contribution in [2.75, 3.05) is 11.1 Å². The molecule has 88 valence electrons. The Kier molecular flexibility index (Phi) is 3.24. The molecule has 0 aliphatic rings. The van der Waals surface area contributed by atoms with Crippen LogP contribution < -0.4 is 11.1 Å². The minimum atomic E-state index is -0.981. The monoisotopic (exact) mass is 249 g/mol. The molecule has 0 atom stereocenters. The molecule has 0 saturated heterocycles. The molecular formula is C11H11N3O2S. The number of hydrogen-bond donors (Lipinski definition) is 3. The number of rotatable bonds is 4. The third-order valence-corrected chi connectivity index (χ3v) is 3.01. The number of carbonyl (C=O) groups is 1. The SMILES string of the molecule is Nc1cc(C(=O)O)ccc1NCc1cncs1. The molecule has 0 spiro atoms. The quantitative estimate of drug-likeness (QED) is 0.721. The number of thiazole rings is 1. The molecule has 0 aliphatic heterocycles. The van der Waals surface area contributed by atoms with E-state index >= 15 is 0 Å². The number of benzene rings is 1. The van der Waals surface area contributed by atoms with Gasteiger partial charge in [0.05, 0.1) is 29.0 Å². The van der Waals surface area contributed by atoms with Crippen molar-refractivity contribution < 1.29 is 9.90 Å². The number of carboxylic acid groups (broad SMARTS) is 1. The van der Waals surface area contributed by atoms with Crippen LogP contribution in [0.4, 0.5) is 11.4 Å². The first-order valence-electron chi connectivity index (χ1n) is 4.91. The van der Waals surface area contributed by atoms with Crippen LogP contribution in [0, 0.1) is 0 Å². The molecule has 0 unspecified atom stereocenters. The smallest absolute Gasteiger partial charge is 0.335 e. The molecule has 4 N–H and O–H groups in total. The van der Waals surface area contributed by atoms with E-state index in [0.29, 0.717) is 12.2 Å². The van der Waals surface area contributed by atoms with Gasteiger partial charge in [0.1, 0.15) is 0 Å². The van der Waals surface area contributed by atoms with Gasteiger partial charge in [-0.15, -0.1) is 11.3 Å². The van der Waals surface area contributed by atoms with Gasteiger partial charge in [0.15, 0.2) is 0 Å². The van der Waals surface area contributed by atoms with E-state index in [1.54, 1.807) is 29.1 Å². The Morgan fingerprint density at radius 3 is 2.94 bits per heavy atom. The Labute approximate surface area is 102 Å². The van der Waals surface area contributed by atoms with Crippen LogP contribution in [0.1, 0.15) is 15.2 Å². The second kappa shape index (κ2) is 4.84. The highest BCUT2D eigenvalue weighted by molar-refractivity contribution is 7.09. The molecule has 2 aromatic rings. The molecule has 17 heavy (non-hydrogen) atoms. The first-order valence-corrected chi connectivity index (χ1v) is 5.79. The first-order chi connectivity index (χ1) is 8.16. The summed E-state index contributed by atoms with van der Waals surface area (Å²) in [5.74, 6) is -0.981. The van der Waals surface area contributed by atoms with Crippen LogP contribution in [0.3, 0.4) is 0 Å². The van der Waals surface area contributed by atoms with Crippen LogP contribution in [0.15, 0.2) is 29.9 Å². The third-order valence-electron chi connectivity index (χ3n) is 2.24.